The van der Waals surface area contributed by atoms with Crippen molar-refractivity contribution < 1.29 is 0 Å². The maximum absolute atomic E-state index is 3.98. The number of benzene rings is 2. The van der Waals surface area contributed by atoms with Crippen LogP contribution in [0.2, 0.25) is 0 Å². The van der Waals surface area contributed by atoms with Crippen molar-refractivity contribution in [1.82, 2.24) is 0 Å². The zero-order valence-electron chi connectivity index (χ0n) is 8.64. The molecule has 0 aromatic heterocycles. The van der Waals surface area contributed by atoms with E-state index in [1.807, 2.05) is 0 Å². The summed E-state index contributed by atoms with van der Waals surface area (Å²) in [4.78, 5) is 0. The van der Waals surface area contributed by atoms with E-state index in [2.05, 4.69) is 72.9 Å². The van der Waals surface area contributed by atoms with Gasteiger partial charge in [-0.15, -0.1) is 6.58 Å². The van der Waals surface area contributed by atoms with Crippen LogP contribution in [0.4, 0.5) is 0 Å². The standard InChI is InChI=1S/C14H14Si/c1-2-15(13-9-5-3-6-10-13)14-11-7-4-8-12-14/h2-12,15H,1H2. The monoisotopic (exact) mass is 210 g/mol. The lowest BCUT2D eigenvalue weighted by Crippen LogP contribution is -2.40. The van der Waals surface area contributed by atoms with Crippen LogP contribution in [-0.4, -0.2) is 8.80 Å². The Labute approximate surface area is 92.5 Å². The molecule has 2 rings (SSSR count). The van der Waals surface area contributed by atoms with Gasteiger partial charge in [-0.1, -0.05) is 76.7 Å². The van der Waals surface area contributed by atoms with E-state index in [1.165, 1.54) is 10.4 Å². The summed E-state index contributed by atoms with van der Waals surface area (Å²) in [5.41, 5.74) is 2.13. The average molecular weight is 210 g/mol. The van der Waals surface area contributed by atoms with Gasteiger partial charge in [-0.2, -0.15) is 0 Å². The summed E-state index contributed by atoms with van der Waals surface area (Å²) >= 11 is 0. The number of hydrogen-bond acceptors (Lipinski definition) is 0. The summed E-state index contributed by atoms with van der Waals surface area (Å²) < 4.78 is 0. The zero-order valence-corrected chi connectivity index (χ0v) is 9.79. The predicted octanol–water partition coefficient (Wildman–Crippen LogP) is 1.75. The third-order valence-corrected chi connectivity index (χ3v) is 5.23. The summed E-state index contributed by atoms with van der Waals surface area (Å²) in [6.07, 6.45) is 0. The van der Waals surface area contributed by atoms with Crippen molar-refractivity contribution >= 4 is 19.2 Å². The van der Waals surface area contributed by atoms with E-state index in [-0.39, 0.29) is 0 Å². The molecule has 0 atom stereocenters. The molecule has 0 heterocycles. The first kappa shape index (κ1) is 9.93. The molecule has 0 fully saturated rings. The van der Waals surface area contributed by atoms with Crippen LogP contribution in [0.1, 0.15) is 0 Å². The highest BCUT2D eigenvalue weighted by molar-refractivity contribution is 6.89. The fraction of sp³-hybridized carbons (Fsp3) is 0. The normalized spacial score (nSPS) is 10.2. The molecule has 0 saturated heterocycles. The highest BCUT2D eigenvalue weighted by Gasteiger charge is 2.10. The molecule has 0 nitrogen and oxygen atoms in total. The van der Waals surface area contributed by atoms with Gasteiger partial charge < -0.3 is 0 Å². The summed E-state index contributed by atoms with van der Waals surface area (Å²) in [7, 11) is -1.17. The second-order valence-corrected chi connectivity index (χ2v) is 6.29. The minimum absolute atomic E-state index is 1.17. The average Bonchev–Trinajstić information content (AvgIpc) is 2.33. The molecular formula is C14H14Si. The Morgan fingerprint density at radius 1 is 0.733 bits per heavy atom. The predicted molar refractivity (Wildman–Crippen MR) is 69.5 cm³/mol. The fourth-order valence-electron chi connectivity index (χ4n) is 1.79. The van der Waals surface area contributed by atoms with Crippen molar-refractivity contribution in [2.75, 3.05) is 0 Å². The van der Waals surface area contributed by atoms with Crippen LogP contribution in [0.3, 0.4) is 0 Å². The van der Waals surface area contributed by atoms with Gasteiger partial charge in [0.25, 0.3) is 0 Å². The first-order chi connectivity index (χ1) is 7.42. The van der Waals surface area contributed by atoms with Gasteiger partial charge in [-0.05, 0) is 0 Å². The van der Waals surface area contributed by atoms with Crippen LogP contribution < -0.4 is 10.4 Å². The molecule has 0 aliphatic heterocycles. The van der Waals surface area contributed by atoms with Crippen molar-refractivity contribution in [3.05, 3.63) is 72.9 Å². The molecule has 0 unspecified atom stereocenters. The summed E-state index contributed by atoms with van der Waals surface area (Å²) in [6.45, 7) is 3.98. The SMILES string of the molecule is C=C[SiH](c1ccccc1)c1ccccc1. The van der Waals surface area contributed by atoms with Crippen LogP contribution in [0.5, 0.6) is 0 Å². The Morgan fingerprint density at radius 3 is 1.47 bits per heavy atom. The van der Waals surface area contributed by atoms with E-state index in [1.54, 1.807) is 0 Å². The van der Waals surface area contributed by atoms with E-state index < -0.39 is 8.80 Å². The second-order valence-electron chi connectivity index (χ2n) is 3.53. The largest absolute Gasteiger partial charge is 0.124 e. The Hall–Kier alpha value is -1.60. The van der Waals surface area contributed by atoms with E-state index in [0.29, 0.717) is 0 Å². The van der Waals surface area contributed by atoms with Gasteiger partial charge in [0, 0.05) is 0 Å². The van der Waals surface area contributed by atoms with Crippen LogP contribution >= 0.6 is 0 Å². The van der Waals surface area contributed by atoms with Crippen molar-refractivity contribution in [2.45, 2.75) is 0 Å². The van der Waals surface area contributed by atoms with Crippen molar-refractivity contribution in [2.24, 2.45) is 0 Å². The molecule has 0 aliphatic rings. The van der Waals surface area contributed by atoms with Crippen LogP contribution in [0, 0.1) is 0 Å². The second kappa shape index (κ2) is 4.76. The summed E-state index contributed by atoms with van der Waals surface area (Å²) in [6, 6.07) is 21.3. The van der Waals surface area contributed by atoms with Crippen molar-refractivity contribution in [3.8, 4) is 0 Å². The molecular weight excluding hydrogens is 196 g/mol. The minimum atomic E-state index is -1.17. The van der Waals surface area contributed by atoms with Crippen LogP contribution in [0.25, 0.3) is 0 Å². The van der Waals surface area contributed by atoms with Crippen molar-refractivity contribution in [1.29, 1.82) is 0 Å². The smallest absolute Gasteiger partial charge is 0.107 e. The maximum atomic E-state index is 3.98. The molecule has 0 N–H and O–H groups in total. The quantitative estimate of drug-likeness (QED) is 0.677. The van der Waals surface area contributed by atoms with Gasteiger partial charge in [0.05, 0.1) is 0 Å². The molecule has 15 heavy (non-hydrogen) atoms. The lowest BCUT2D eigenvalue weighted by molar-refractivity contribution is 1.73. The van der Waals surface area contributed by atoms with Crippen LogP contribution in [0.15, 0.2) is 72.9 Å². The van der Waals surface area contributed by atoms with Crippen LogP contribution in [-0.2, 0) is 0 Å². The van der Waals surface area contributed by atoms with E-state index in [0.717, 1.165) is 0 Å². The lowest BCUT2D eigenvalue weighted by Gasteiger charge is -2.11. The minimum Gasteiger partial charge on any atom is -0.107 e. The van der Waals surface area contributed by atoms with Gasteiger partial charge in [0.2, 0.25) is 0 Å². The first-order valence-electron chi connectivity index (χ1n) is 5.14. The molecule has 0 bridgehead atoms. The Balaban J connectivity index is 2.38. The molecule has 1 heteroatoms. The van der Waals surface area contributed by atoms with E-state index >= 15 is 0 Å². The summed E-state index contributed by atoms with van der Waals surface area (Å²) in [5, 5.41) is 2.86. The third-order valence-electron chi connectivity index (χ3n) is 2.55. The van der Waals surface area contributed by atoms with Gasteiger partial charge in [0.15, 0.2) is 0 Å². The van der Waals surface area contributed by atoms with Gasteiger partial charge >= 0.3 is 0 Å². The molecule has 0 spiro atoms. The highest BCUT2D eigenvalue weighted by atomic mass is 28.3. The highest BCUT2D eigenvalue weighted by Crippen LogP contribution is 1.93. The maximum Gasteiger partial charge on any atom is 0.124 e. The number of rotatable bonds is 3. The first-order valence-corrected chi connectivity index (χ1v) is 6.96. The lowest BCUT2D eigenvalue weighted by atomic mass is 10.4. The Kier molecular flexibility index (Phi) is 3.15. The van der Waals surface area contributed by atoms with Crippen molar-refractivity contribution in [3.63, 3.8) is 0 Å². The summed E-state index contributed by atoms with van der Waals surface area (Å²) in [5.74, 6) is 0. The number of hydrogen-bond donors (Lipinski definition) is 0. The van der Waals surface area contributed by atoms with Gasteiger partial charge in [-0.25, -0.2) is 0 Å². The topological polar surface area (TPSA) is 0 Å². The fourth-order valence-corrected chi connectivity index (χ4v) is 3.99. The molecule has 0 aliphatic carbocycles. The van der Waals surface area contributed by atoms with E-state index in [9.17, 15) is 0 Å². The zero-order chi connectivity index (χ0) is 10.5. The molecule has 2 aromatic rings. The molecule has 0 radical (unpaired) electrons. The molecule has 2 aromatic carbocycles. The Bertz CT molecular complexity index is 380. The van der Waals surface area contributed by atoms with E-state index in [4.69, 9.17) is 0 Å². The van der Waals surface area contributed by atoms with Gasteiger partial charge in [-0.3, -0.25) is 0 Å². The molecule has 74 valence electrons. The third kappa shape index (κ3) is 2.25. The Morgan fingerprint density at radius 2 is 1.13 bits per heavy atom. The molecule has 0 saturated carbocycles. The molecule has 0 amide bonds. The van der Waals surface area contributed by atoms with Gasteiger partial charge in [0.1, 0.15) is 8.80 Å².